The molecule has 0 heterocycles. The molecular weight excluding hydrogens is 366 g/mol. The van der Waals surface area contributed by atoms with E-state index in [9.17, 15) is 4.79 Å². The number of nitrogens with one attached hydrogen (secondary N) is 1. The van der Waals surface area contributed by atoms with Crippen molar-refractivity contribution in [2.24, 2.45) is 0 Å². The molecule has 0 aliphatic rings. The second-order valence-electron chi connectivity index (χ2n) is 6.10. The van der Waals surface area contributed by atoms with Crippen LogP contribution in [0.1, 0.15) is 41.6 Å². The van der Waals surface area contributed by atoms with Crippen LogP contribution >= 0.6 is 15.9 Å². The molecule has 2 aromatic carbocycles. The molecule has 0 unspecified atom stereocenters. The molecule has 128 valence electrons. The molecular formula is C20H24BrNO2. The van der Waals surface area contributed by atoms with Crippen molar-refractivity contribution in [1.82, 2.24) is 5.32 Å². The highest BCUT2D eigenvalue weighted by Crippen LogP contribution is 2.26. The maximum absolute atomic E-state index is 12.2. The average molecular weight is 390 g/mol. The topological polar surface area (TPSA) is 38.3 Å². The molecule has 0 aliphatic heterocycles. The molecule has 1 N–H and O–H groups in total. The number of ether oxygens (including phenoxy) is 1. The van der Waals surface area contributed by atoms with E-state index in [-0.39, 0.29) is 18.6 Å². The first-order chi connectivity index (χ1) is 11.4. The van der Waals surface area contributed by atoms with Crippen LogP contribution in [0.25, 0.3) is 0 Å². The smallest absolute Gasteiger partial charge is 0.258 e. The molecule has 24 heavy (non-hydrogen) atoms. The first-order valence-corrected chi connectivity index (χ1v) is 8.95. The van der Waals surface area contributed by atoms with Crippen molar-refractivity contribution in [3.63, 3.8) is 0 Å². The number of carbonyl (C=O) groups excluding carboxylic acids is 1. The molecule has 3 nitrogen and oxygen atoms in total. The van der Waals surface area contributed by atoms with Gasteiger partial charge in [0.2, 0.25) is 0 Å². The lowest BCUT2D eigenvalue weighted by atomic mass is 10.0. The molecule has 0 aromatic heterocycles. The largest absolute Gasteiger partial charge is 0.484 e. The van der Waals surface area contributed by atoms with Crippen LogP contribution in [0.15, 0.2) is 40.9 Å². The number of hydrogen-bond donors (Lipinski definition) is 1. The second-order valence-corrected chi connectivity index (χ2v) is 6.89. The lowest BCUT2D eigenvalue weighted by molar-refractivity contribution is -0.123. The molecule has 2 aromatic rings. The highest BCUT2D eigenvalue weighted by Gasteiger charge is 2.13. The minimum atomic E-state index is -0.111. The third-order valence-electron chi connectivity index (χ3n) is 4.00. The van der Waals surface area contributed by atoms with Gasteiger partial charge in [-0.05, 0) is 56.0 Å². The number of aryl methyl sites for hydroxylation is 3. The fourth-order valence-corrected chi connectivity index (χ4v) is 2.82. The van der Waals surface area contributed by atoms with E-state index in [1.54, 1.807) is 0 Å². The Morgan fingerprint density at radius 1 is 1.12 bits per heavy atom. The zero-order chi connectivity index (χ0) is 17.7. The Hall–Kier alpha value is -1.81. The highest BCUT2D eigenvalue weighted by atomic mass is 79.9. The fraction of sp³-hybridized carbons (Fsp3) is 0.350. The van der Waals surface area contributed by atoms with Gasteiger partial charge in [0.1, 0.15) is 5.75 Å². The Labute approximate surface area is 152 Å². The summed E-state index contributed by atoms with van der Waals surface area (Å²) in [6, 6.07) is 12.1. The summed E-state index contributed by atoms with van der Waals surface area (Å²) in [5, 5.41) is 3.04. The maximum Gasteiger partial charge on any atom is 0.258 e. The van der Waals surface area contributed by atoms with Gasteiger partial charge in [0.05, 0.1) is 6.04 Å². The quantitative estimate of drug-likeness (QED) is 0.752. The van der Waals surface area contributed by atoms with E-state index in [2.05, 4.69) is 59.4 Å². The van der Waals surface area contributed by atoms with E-state index in [0.29, 0.717) is 5.75 Å². The SMILES string of the molecule is CC[C@@H](NC(=O)COc1cc(C)c(Br)c(C)c1)c1ccc(C)cc1. The predicted octanol–water partition coefficient (Wildman–Crippen LogP) is 5.02. The van der Waals surface area contributed by atoms with Crippen molar-refractivity contribution in [2.75, 3.05) is 6.61 Å². The molecule has 0 bridgehead atoms. The van der Waals surface area contributed by atoms with Crippen molar-refractivity contribution in [3.8, 4) is 5.75 Å². The number of amides is 1. The summed E-state index contributed by atoms with van der Waals surface area (Å²) >= 11 is 3.53. The highest BCUT2D eigenvalue weighted by molar-refractivity contribution is 9.10. The molecule has 0 aliphatic carbocycles. The van der Waals surface area contributed by atoms with Gasteiger partial charge >= 0.3 is 0 Å². The summed E-state index contributed by atoms with van der Waals surface area (Å²) in [5.41, 5.74) is 4.52. The van der Waals surface area contributed by atoms with E-state index >= 15 is 0 Å². The fourth-order valence-electron chi connectivity index (χ4n) is 2.59. The van der Waals surface area contributed by atoms with Gasteiger partial charge in [-0.3, -0.25) is 4.79 Å². The van der Waals surface area contributed by atoms with Gasteiger partial charge in [-0.1, -0.05) is 52.7 Å². The van der Waals surface area contributed by atoms with Crippen LogP contribution in [0.4, 0.5) is 0 Å². The number of rotatable bonds is 6. The van der Waals surface area contributed by atoms with Gasteiger partial charge < -0.3 is 10.1 Å². The van der Waals surface area contributed by atoms with Crippen molar-refractivity contribution in [3.05, 3.63) is 63.1 Å². The van der Waals surface area contributed by atoms with E-state index in [1.807, 2.05) is 26.0 Å². The predicted molar refractivity (Wildman–Crippen MR) is 101 cm³/mol. The van der Waals surface area contributed by atoms with Gasteiger partial charge in [-0.2, -0.15) is 0 Å². The molecule has 2 rings (SSSR count). The van der Waals surface area contributed by atoms with Crippen molar-refractivity contribution >= 4 is 21.8 Å². The van der Waals surface area contributed by atoms with Crippen LogP contribution < -0.4 is 10.1 Å². The van der Waals surface area contributed by atoms with Crippen LogP contribution in [0.5, 0.6) is 5.75 Å². The van der Waals surface area contributed by atoms with Gasteiger partial charge in [-0.15, -0.1) is 0 Å². The number of halogens is 1. The molecule has 0 fully saturated rings. The summed E-state index contributed by atoms with van der Waals surface area (Å²) < 4.78 is 6.73. The standard InChI is InChI=1S/C20H24BrNO2/c1-5-18(16-8-6-13(2)7-9-16)22-19(23)12-24-17-10-14(3)20(21)15(4)11-17/h6-11,18H,5,12H2,1-4H3,(H,22,23)/t18-/m1/s1. The van der Waals surface area contributed by atoms with Crippen LogP contribution in [0.3, 0.4) is 0 Å². The molecule has 0 saturated carbocycles. The van der Waals surface area contributed by atoms with Gasteiger partial charge in [0.15, 0.2) is 6.61 Å². The Morgan fingerprint density at radius 3 is 2.25 bits per heavy atom. The third kappa shape index (κ3) is 4.84. The zero-order valence-electron chi connectivity index (χ0n) is 14.7. The third-order valence-corrected chi connectivity index (χ3v) is 5.25. The number of benzene rings is 2. The van der Waals surface area contributed by atoms with Crippen LogP contribution in [0, 0.1) is 20.8 Å². The first kappa shape index (κ1) is 18.5. The average Bonchev–Trinajstić information content (AvgIpc) is 2.56. The lowest BCUT2D eigenvalue weighted by Gasteiger charge is -2.18. The van der Waals surface area contributed by atoms with Gasteiger partial charge in [0, 0.05) is 4.47 Å². The summed E-state index contributed by atoms with van der Waals surface area (Å²) in [4.78, 5) is 12.2. The minimum Gasteiger partial charge on any atom is -0.484 e. The Bertz CT molecular complexity index is 687. The monoisotopic (exact) mass is 389 g/mol. The zero-order valence-corrected chi connectivity index (χ0v) is 16.2. The van der Waals surface area contributed by atoms with Gasteiger partial charge in [0.25, 0.3) is 5.91 Å². The number of carbonyl (C=O) groups is 1. The first-order valence-electron chi connectivity index (χ1n) is 8.16. The normalized spacial score (nSPS) is 11.9. The van der Waals surface area contributed by atoms with Crippen molar-refractivity contribution in [2.45, 2.75) is 40.2 Å². The lowest BCUT2D eigenvalue weighted by Crippen LogP contribution is -2.32. The number of hydrogen-bond acceptors (Lipinski definition) is 2. The Balaban J connectivity index is 1.96. The molecule has 0 saturated heterocycles. The van der Waals surface area contributed by atoms with Crippen LogP contribution in [0.2, 0.25) is 0 Å². The molecule has 1 atom stereocenters. The van der Waals surface area contributed by atoms with Crippen molar-refractivity contribution in [1.29, 1.82) is 0 Å². The molecule has 0 spiro atoms. The maximum atomic E-state index is 12.2. The van der Waals surface area contributed by atoms with E-state index in [0.717, 1.165) is 27.6 Å². The second kappa shape index (κ2) is 8.34. The summed E-state index contributed by atoms with van der Waals surface area (Å²) in [5.74, 6) is 0.604. The van der Waals surface area contributed by atoms with E-state index in [4.69, 9.17) is 4.74 Å². The summed E-state index contributed by atoms with van der Waals surface area (Å²) in [6.45, 7) is 8.15. The van der Waals surface area contributed by atoms with E-state index < -0.39 is 0 Å². The summed E-state index contributed by atoms with van der Waals surface area (Å²) in [7, 11) is 0. The molecule has 1 amide bonds. The van der Waals surface area contributed by atoms with Crippen LogP contribution in [-0.2, 0) is 4.79 Å². The van der Waals surface area contributed by atoms with Crippen LogP contribution in [-0.4, -0.2) is 12.5 Å². The van der Waals surface area contributed by atoms with E-state index in [1.165, 1.54) is 5.56 Å². The molecule has 4 heteroatoms. The van der Waals surface area contributed by atoms with Crippen molar-refractivity contribution < 1.29 is 9.53 Å². The Morgan fingerprint density at radius 2 is 1.71 bits per heavy atom. The van der Waals surface area contributed by atoms with Gasteiger partial charge in [-0.25, -0.2) is 0 Å². The molecule has 0 radical (unpaired) electrons. The summed E-state index contributed by atoms with van der Waals surface area (Å²) in [6.07, 6.45) is 0.839. The Kier molecular flexibility index (Phi) is 6.44. The minimum absolute atomic E-state index is 0.00934.